The Balaban J connectivity index is 1.80. The number of thiazole rings is 1. The van der Waals surface area contributed by atoms with Crippen LogP contribution in [0.1, 0.15) is 55.1 Å². The molecule has 1 heterocycles. The highest BCUT2D eigenvalue weighted by Crippen LogP contribution is 2.27. The second-order valence-electron chi connectivity index (χ2n) is 5.36. The second-order valence-corrected chi connectivity index (χ2v) is 6.35. The van der Waals surface area contributed by atoms with Gasteiger partial charge in [-0.1, -0.05) is 43.9 Å². The van der Waals surface area contributed by atoms with Crippen LogP contribution in [0.15, 0.2) is 0 Å². The van der Waals surface area contributed by atoms with Crippen LogP contribution in [-0.4, -0.2) is 24.0 Å². The number of hydrogen-bond acceptors (Lipinski definition) is 5. The molecule has 5 nitrogen and oxygen atoms in total. The predicted molar refractivity (Wildman–Crippen MR) is 84.2 cm³/mol. The molecule has 1 aliphatic rings. The molecular weight excluding hydrogens is 272 g/mol. The molecular formula is C14H24N4OS. The van der Waals surface area contributed by atoms with E-state index in [1.165, 1.54) is 37.0 Å². The summed E-state index contributed by atoms with van der Waals surface area (Å²) in [6, 6.07) is 0. The van der Waals surface area contributed by atoms with Crippen molar-refractivity contribution in [2.45, 2.75) is 45.4 Å². The summed E-state index contributed by atoms with van der Waals surface area (Å²) in [5, 5.41) is 6.85. The Labute approximate surface area is 124 Å². The van der Waals surface area contributed by atoms with Crippen LogP contribution < -0.4 is 16.4 Å². The van der Waals surface area contributed by atoms with Crippen LogP contribution in [0, 0.1) is 5.92 Å². The van der Waals surface area contributed by atoms with E-state index >= 15 is 0 Å². The van der Waals surface area contributed by atoms with Crippen molar-refractivity contribution >= 4 is 28.2 Å². The van der Waals surface area contributed by atoms with Crippen LogP contribution in [-0.2, 0) is 0 Å². The summed E-state index contributed by atoms with van der Waals surface area (Å²) in [4.78, 5) is 16.8. The number of nitrogens with one attached hydrogen (secondary N) is 2. The fraction of sp³-hybridized carbons (Fsp3) is 0.714. The molecule has 1 amide bonds. The maximum absolute atomic E-state index is 12.1. The van der Waals surface area contributed by atoms with Crippen LogP contribution in [0.2, 0.25) is 0 Å². The van der Waals surface area contributed by atoms with Gasteiger partial charge in [-0.2, -0.15) is 0 Å². The number of rotatable bonds is 7. The van der Waals surface area contributed by atoms with Gasteiger partial charge in [0.1, 0.15) is 10.7 Å². The number of carbonyl (C=O) groups excluding carboxylic acids is 1. The zero-order valence-electron chi connectivity index (χ0n) is 12.1. The van der Waals surface area contributed by atoms with Crippen molar-refractivity contribution in [3.05, 3.63) is 4.88 Å². The van der Waals surface area contributed by atoms with E-state index in [1.54, 1.807) is 0 Å². The average Bonchev–Trinajstić information content (AvgIpc) is 3.06. The number of nitrogen functional groups attached to an aromatic ring is 1. The molecule has 0 saturated heterocycles. The Morgan fingerprint density at radius 3 is 2.85 bits per heavy atom. The Morgan fingerprint density at radius 1 is 1.40 bits per heavy atom. The Bertz CT molecular complexity index is 440. The fourth-order valence-corrected chi connectivity index (χ4v) is 3.40. The number of hydrogen-bond donors (Lipinski definition) is 3. The minimum atomic E-state index is -0.0949. The van der Waals surface area contributed by atoms with E-state index in [1.807, 2.05) is 0 Å². The Morgan fingerprint density at radius 2 is 2.15 bits per heavy atom. The van der Waals surface area contributed by atoms with Gasteiger partial charge in [-0.3, -0.25) is 4.79 Å². The minimum absolute atomic E-state index is 0.0949. The molecule has 1 aromatic rings. The first-order valence-electron chi connectivity index (χ1n) is 7.49. The molecule has 0 bridgehead atoms. The molecule has 2 rings (SSSR count). The van der Waals surface area contributed by atoms with Crippen LogP contribution in [0.4, 0.5) is 10.9 Å². The van der Waals surface area contributed by atoms with Gasteiger partial charge in [-0.05, 0) is 18.8 Å². The molecule has 1 fully saturated rings. The van der Waals surface area contributed by atoms with Gasteiger partial charge >= 0.3 is 0 Å². The van der Waals surface area contributed by atoms with E-state index in [2.05, 4.69) is 22.5 Å². The molecule has 0 aliphatic heterocycles. The number of aromatic nitrogens is 1. The maximum Gasteiger partial charge on any atom is 0.265 e. The Kier molecular flexibility index (Phi) is 5.64. The largest absolute Gasteiger partial charge is 0.382 e. The standard InChI is InChI=1S/C14H24N4OS/c1-2-8-17-14-18-12(15)11(20-14)13(19)16-9-7-10-5-3-4-6-10/h10H,2-9,15H2,1H3,(H,16,19)(H,17,18). The third kappa shape index (κ3) is 4.10. The molecule has 4 N–H and O–H groups in total. The average molecular weight is 296 g/mol. The molecule has 112 valence electrons. The molecule has 0 spiro atoms. The fourth-order valence-electron chi connectivity index (χ4n) is 2.57. The third-order valence-corrected chi connectivity index (χ3v) is 4.73. The smallest absolute Gasteiger partial charge is 0.265 e. The second kappa shape index (κ2) is 7.47. The number of nitrogens with two attached hydrogens (primary N) is 1. The van der Waals surface area contributed by atoms with Crippen LogP contribution in [0.3, 0.4) is 0 Å². The zero-order chi connectivity index (χ0) is 14.4. The SMILES string of the molecule is CCCNc1nc(N)c(C(=O)NCCC2CCCC2)s1. The number of nitrogens with zero attached hydrogens (tertiary/aromatic N) is 1. The van der Waals surface area contributed by atoms with Crippen molar-refractivity contribution < 1.29 is 4.79 Å². The lowest BCUT2D eigenvalue weighted by Crippen LogP contribution is -2.25. The molecule has 20 heavy (non-hydrogen) atoms. The maximum atomic E-state index is 12.1. The van der Waals surface area contributed by atoms with E-state index in [0.29, 0.717) is 10.7 Å². The van der Waals surface area contributed by atoms with Gasteiger partial charge in [0.15, 0.2) is 5.13 Å². The van der Waals surface area contributed by atoms with Crippen molar-refractivity contribution in [2.75, 3.05) is 24.1 Å². The summed E-state index contributed by atoms with van der Waals surface area (Å²) < 4.78 is 0. The van der Waals surface area contributed by atoms with Crippen LogP contribution in [0.25, 0.3) is 0 Å². The topological polar surface area (TPSA) is 80.0 Å². The summed E-state index contributed by atoms with van der Waals surface area (Å²) in [6.07, 6.45) is 7.39. The van der Waals surface area contributed by atoms with Crippen molar-refractivity contribution in [1.29, 1.82) is 0 Å². The van der Waals surface area contributed by atoms with E-state index in [4.69, 9.17) is 5.73 Å². The first kappa shape index (κ1) is 15.1. The van der Waals surface area contributed by atoms with Crippen LogP contribution >= 0.6 is 11.3 Å². The highest BCUT2D eigenvalue weighted by molar-refractivity contribution is 7.18. The summed E-state index contributed by atoms with van der Waals surface area (Å²) in [5.41, 5.74) is 5.81. The van der Waals surface area contributed by atoms with Gasteiger partial charge in [-0.25, -0.2) is 4.98 Å². The van der Waals surface area contributed by atoms with Gasteiger partial charge in [0.25, 0.3) is 5.91 Å². The molecule has 0 atom stereocenters. The molecule has 0 unspecified atom stereocenters. The lowest BCUT2D eigenvalue weighted by molar-refractivity contribution is 0.0956. The van der Waals surface area contributed by atoms with E-state index in [9.17, 15) is 4.79 Å². The van der Waals surface area contributed by atoms with Gasteiger partial charge in [0.05, 0.1) is 0 Å². The molecule has 1 aliphatic carbocycles. The van der Waals surface area contributed by atoms with Crippen molar-refractivity contribution in [2.24, 2.45) is 5.92 Å². The summed E-state index contributed by atoms with van der Waals surface area (Å²) in [5.74, 6) is 1.02. The van der Waals surface area contributed by atoms with Gasteiger partial charge in [0, 0.05) is 13.1 Å². The van der Waals surface area contributed by atoms with E-state index < -0.39 is 0 Å². The lowest BCUT2D eigenvalue weighted by Gasteiger charge is -2.09. The van der Waals surface area contributed by atoms with Gasteiger partial charge in [-0.15, -0.1) is 0 Å². The van der Waals surface area contributed by atoms with E-state index in [0.717, 1.165) is 37.0 Å². The first-order valence-corrected chi connectivity index (χ1v) is 8.30. The first-order chi connectivity index (χ1) is 9.70. The normalized spacial score (nSPS) is 15.4. The molecule has 1 aromatic heterocycles. The van der Waals surface area contributed by atoms with Crippen LogP contribution in [0.5, 0.6) is 0 Å². The number of carbonyl (C=O) groups is 1. The molecule has 0 aromatic carbocycles. The molecule has 1 saturated carbocycles. The highest BCUT2D eigenvalue weighted by Gasteiger charge is 2.18. The van der Waals surface area contributed by atoms with Gasteiger partial charge < -0.3 is 16.4 Å². The quantitative estimate of drug-likeness (QED) is 0.723. The Hall–Kier alpha value is -1.30. The van der Waals surface area contributed by atoms with Crippen molar-refractivity contribution in [3.8, 4) is 0 Å². The predicted octanol–water partition coefficient (Wildman–Crippen LogP) is 2.86. The number of anilines is 2. The van der Waals surface area contributed by atoms with Gasteiger partial charge in [0.2, 0.25) is 0 Å². The third-order valence-electron chi connectivity index (χ3n) is 3.70. The monoisotopic (exact) mass is 296 g/mol. The minimum Gasteiger partial charge on any atom is -0.382 e. The summed E-state index contributed by atoms with van der Waals surface area (Å²) in [7, 11) is 0. The lowest BCUT2D eigenvalue weighted by atomic mass is 10.0. The summed E-state index contributed by atoms with van der Waals surface area (Å²) >= 11 is 1.33. The number of amides is 1. The molecule has 6 heteroatoms. The summed E-state index contributed by atoms with van der Waals surface area (Å²) in [6.45, 7) is 3.66. The zero-order valence-corrected chi connectivity index (χ0v) is 12.9. The van der Waals surface area contributed by atoms with Crippen molar-refractivity contribution in [3.63, 3.8) is 0 Å². The molecule has 0 radical (unpaired) electrons. The highest BCUT2D eigenvalue weighted by atomic mass is 32.1. The van der Waals surface area contributed by atoms with E-state index in [-0.39, 0.29) is 5.91 Å². The van der Waals surface area contributed by atoms with Crippen molar-refractivity contribution in [1.82, 2.24) is 10.3 Å².